The molecule has 3 aromatic rings. The Morgan fingerprint density at radius 2 is 1.69 bits per heavy atom. The van der Waals surface area contributed by atoms with Crippen molar-refractivity contribution in [2.45, 2.75) is 6.04 Å². The molecule has 1 amide bonds. The molecule has 1 saturated heterocycles. The number of benzene rings is 2. The summed E-state index contributed by atoms with van der Waals surface area (Å²) < 4.78 is 24.1. The van der Waals surface area contributed by atoms with Crippen LogP contribution in [0.5, 0.6) is 11.5 Å². The van der Waals surface area contributed by atoms with Gasteiger partial charge in [-0.25, -0.2) is 4.39 Å². The Bertz CT molecular complexity index is 1210. The number of carbonyl (C=O) groups excluding carboxylic acids is 2. The van der Waals surface area contributed by atoms with Crippen molar-refractivity contribution in [1.82, 2.24) is 4.98 Å². The molecule has 1 N–H and O–H groups in total. The van der Waals surface area contributed by atoms with Gasteiger partial charge in [0, 0.05) is 18.1 Å². The van der Waals surface area contributed by atoms with Crippen molar-refractivity contribution in [3.63, 3.8) is 0 Å². The van der Waals surface area contributed by atoms with Crippen molar-refractivity contribution >= 4 is 23.1 Å². The van der Waals surface area contributed by atoms with Gasteiger partial charge in [0.05, 0.1) is 31.4 Å². The molecule has 2 aromatic carbocycles. The molecule has 0 radical (unpaired) electrons. The number of aromatic nitrogens is 1. The van der Waals surface area contributed by atoms with E-state index in [0.29, 0.717) is 22.7 Å². The van der Waals surface area contributed by atoms with Gasteiger partial charge in [0.25, 0.3) is 11.7 Å². The number of Topliss-reactive ketones (excluding diaryl/α,β-unsaturated/α-hetero) is 1. The first kappa shape index (κ1) is 21.0. The number of hydrogen-bond donors (Lipinski definition) is 1. The van der Waals surface area contributed by atoms with Gasteiger partial charge < -0.3 is 14.6 Å². The van der Waals surface area contributed by atoms with Crippen molar-refractivity contribution in [1.29, 1.82) is 0 Å². The van der Waals surface area contributed by atoms with Crippen LogP contribution in [-0.2, 0) is 9.59 Å². The van der Waals surface area contributed by atoms with Gasteiger partial charge in [-0.1, -0.05) is 0 Å². The van der Waals surface area contributed by atoms with Crippen LogP contribution in [0.4, 0.5) is 10.1 Å². The van der Waals surface area contributed by atoms with E-state index in [1.807, 2.05) is 0 Å². The average molecular weight is 434 g/mol. The van der Waals surface area contributed by atoms with Gasteiger partial charge in [-0.15, -0.1) is 0 Å². The lowest BCUT2D eigenvalue weighted by atomic mass is 9.95. The van der Waals surface area contributed by atoms with Gasteiger partial charge in [-0.3, -0.25) is 19.5 Å². The minimum Gasteiger partial charge on any atom is -0.507 e. The SMILES string of the molecule is COc1ccc(OC)c(/C(O)=C2\C(=O)C(=O)N(c3ccc(F)cc3)C2c2ccncc2)c1. The van der Waals surface area contributed by atoms with E-state index in [9.17, 15) is 19.1 Å². The molecule has 0 spiro atoms. The molecule has 0 bridgehead atoms. The molecule has 1 fully saturated rings. The van der Waals surface area contributed by atoms with Crippen LogP contribution in [0.25, 0.3) is 5.76 Å². The molecule has 1 aromatic heterocycles. The molecular formula is C24H19FN2O5. The van der Waals surface area contributed by atoms with Crippen molar-refractivity contribution in [2.75, 3.05) is 19.1 Å². The van der Waals surface area contributed by atoms with Crippen molar-refractivity contribution in [3.8, 4) is 11.5 Å². The first-order chi connectivity index (χ1) is 15.5. The highest BCUT2D eigenvalue weighted by molar-refractivity contribution is 6.51. The van der Waals surface area contributed by atoms with Crippen LogP contribution in [0.15, 0.2) is 72.6 Å². The number of anilines is 1. The number of amides is 1. The highest BCUT2D eigenvalue weighted by Crippen LogP contribution is 2.43. The highest BCUT2D eigenvalue weighted by Gasteiger charge is 2.47. The molecule has 1 atom stereocenters. The Kier molecular flexibility index (Phi) is 5.59. The molecule has 2 heterocycles. The fraction of sp³-hybridized carbons (Fsp3) is 0.125. The quantitative estimate of drug-likeness (QED) is 0.373. The largest absolute Gasteiger partial charge is 0.507 e. The minimum absolute atomic E-state index is 0.128. The second-order valence-corrected chi connectivity index (χ2v) is 6.99. The maximum absolute atomic E-state index is 13.5. The average Bonchev–Trinajstić information content (AvgIpc) is 3.09. The number of rotatable bonds is 5. The third-order valence-corrected chi connectivity index (χ3v) is 5.23. The lowest BCUT2D eigenvalue weighted by Crippen LogP contribution is -2.29. The van der Waals surface area contributed by atoms with Crippen molar-refractivity contribution in [3.05, 3.63) is 89.5 Å². The normalized spacial score (nSPS) is 17.5. The second-order valence-electron chi connectivity index (χ2n) is 6.99. The van der Waals surface area contributed by atoms with E-state index < -0.39 is 29.3 Å². The fourth-order valence-corrected chi connectivity index (χ4v) is 3.71. The number of hydrogen-bond acceptors (Lipinski definition) is 6. The lowest BCUT2D eigenvalue weighted by molar-refractivity contribution is -0.132. The summed E-state index contributed by atoms with van der Waals surface area (Å²) in [5.41, 5.74) is 0.930. The van der Waals surface area contributed by atoms with E-state index in [2.05, 4.69) is 4.98 Å². The van der Waals surface area contributed by atoms with Crippen LogP contribution in [0.3, 0.4) is 0 Å². The maximum atomic E-state index is 13.5. The first-order valence-electron chi connectivity index (χ1n) is 9.65. The van der Waals surface area contributed by atoms with Gasteiger partial charge in [0.15, 0.2) is 0 Å². The Labute approximate surface area is 183 Å². The summed E-state index contributed by atoms with van der Waals surface area (Å²) >= 11 is 0. The molecule has 162 valence electrons. The van der Waals surface area contributed by atoms with Crippen LogP contribution in [-0.4, -0.2) is 36.0 Å². The van der Waals surface area contributed by atoms with Gasteiger partial charge >= 0.3 is 0 Å². The van der Waals surface area contributed by atoms with Gasteiger partial charge in [0.2, 0.25) is 0 Å². The van der Waals surface area contributed by atoms with Crippen LogP contribution in [0.2, 0.25) is 0 Å². The van der Waals surface area contributed by atoms with Crippen molar-refractivity contribution < 1.29 is 28.6 Å². The van der Waals surface area contributed by atoms with Gasteiger partial charge in [-0.2, -0.15) is 0 Å². The molecule has 1 aliphatic rings. The summed E-state index contributed by atoms with van der Waals surface area (Å²) in [5, 5.41) is 11.2. The Balaban J connectivity index is 1.97. The standard InChI is InChI=1S/C24H19FN2O5/c1-31-17-7-8-19(32-2)18(13-17)22(28)20-21(14-9-11-26-12-10-14)27(24(30)23(20)29)16-5-3-15(25)4-6-16/h3-13,21,28H,1-2H3/b22-20+. The van der Waals surface area contributed by atoms with Crippen LogP contribution in [0, 0.1) is 5.82 Å². The predicted octanol–water partition coefficient (Wildman–Crippen LogP) is 3.86. The third-order valence-electron chi connectivity index (χ3n) is 5.23. The zero-order valence-electron chi connectivity index (χ0n) is 17.3. The summed E-state index contributed by atoms with van der Waals surface area (Å²) in [4.78, 5) is 31.4. The third kappa shape index (κ3) is 3.56. The smallest absolute Gasteiger partial charge is 0.300 e. The molecule has 8 heteroatoms. The molecule has 4 rings (SSSR count). The summed E-state index contributed by atoms with van der Waals surface area (Å²) in [6.07, 6.45) is 3.04. The topological polar surface area (TPSA) is 89.0 Å². The first-order valence-corrected chi connectivity index (χ1v) is 9.65. The number of nitrogens with zero attached hydrogens (tertiary/aromatic N) is 2. The van der Waals surface area contributed by atoms with Crippen LogP contribution in [0.1, 0.15) is 17.2 Å². The predicted molar refractivity (Wildman–Crippen MR) is 115 cm³/mol. The number of aliphatic hydroxyl groups is 1. The molecule has 0 saturated carbocycles. The molecular weight excluding hydrogens is 415 g/mol. The molecule has 1 aliphatic heterocycles. The number of carbonyl (C=O) groups is 2. The molecule has 32 heavy (non-hydrogen) atoms. The number of pyridine rings is 1. The maximum Gasteiger partial charge on any atom is 0.300 e. The number of aliphatic hydroxyl groups excluding tert-OH is 1. The minimum atomic E-state index is -0.959. The van der Waals surface area contributed by atoms with Crippen molar-refractivity contribution in [2.24, 2.45) is 0 Å². The summed E-state index contributed by atoms with van der Waals surface area (Å²) in [7, 11) is 2.89. The van der Waals surface area contributed by atoms with E-state index in [-0.39, 0.29) is 11.1 Å². The zero-order valence-corrected chi connectivity index (χ0v) is 17.3. The highest BCUT2D eigenvalue weighted by atomic mass is 19.1. The number of ketones is 1. The van der Waals surface area contributed by atoms with Gasteiger partial charge in [0.1, 0.15) is 23.1 Å². The van der Waals surface area contributed by atoms with Gasteiger partial charge in [-0.05, 0) is 60.2 Å². The Morgan fingerprint density at radius 1 is 1.00 bits per heavy atom. The molecule has 7 nitrogen and oxygen atoms in total. The number of ether oxygens (including phenoxy) is 2. The summed E-state index contributed by atoms with van der Waals surface area (Å²) in [6, 6.07) is 12.3. The van der Waals surface area contributed by atoms with Crippen LogP contribution >= 0.6 is 0 Å². The van der Waals surface area contributed by atoms with Crippen LogP contribution < -0.4 is 14.4 Å². The number of methoxy groups -OCH3 is 2. The molecule has 1 unspecified atom stereocenters. The summed E-state index contributed by atoms with van der Waals surface area (Å²) in [5.74, 6) is -1.89. The van der Waals surface area contributed by atoms with E-state index in [0.717, 1.165) is 0 Å². The molecule has 0 aliphatic carbocycles. The second kappa shape index (κ2) is 8.50. The monoisotopic (exact) mass is 434 g/mol. The Hall–Kier alpha value is -4.20. The zero-order chi connectivity index (χ0) is 22.8. The van der Waals surface area contributed by atoms with E-state index >= 15 is 0 Å². The summed E-state index contributed by atoms with van der Waals surface area (Å²) in [6.45, 7) is 0. The van der Waals surface area contributed by atoms with E-state index in [1.165, 1.54) is 61.8 Å². The Morgan fingerprint density at radius 3 is 2.31 bits per heavy atom. The fourth-order valence-electron chi connectivity index (χ4n) is 3.71. The lowest BCUT2D eigenvalue weighted by Gasteiger charge is -2.25. The number of halogens is 1. The van der Waals surface area contributed by atoms with E-state index in [4.69, 9.17) is 9.47 Å². The van der Waals surface area contributed by atoms with E-state index in [1.54, 1.807) is 24.3 Å².